The highest BCUT2D eigenvalue weighted by molar-refractivity contribution is 6.31. The van der Waals surface area contributed by atoms with Crippen LogP contribution >= 0.6 is 11.6 Å². The topological polar surface area (TPSA) is 34.0 Å². The maximum atomic E-state index is 6.30. The standard InChI is InChI=1S/C23H27ClN4/c1-23(2,3)18-7-5-16(6-8-18)22-26-20-10-12-28(15-21(20)27(22)4)14-17-9-11-25-13-19(17)24/h5-9,11,13H,10,12,14-15H2,1-4H3. The van der Waals surface area contributed by atoms with Gasteiger partial charge in [0.05, 0.1) is 16.4 Å². The fourth-order valence-corrected chi connectivity index (χ4v) is 4.01. The molecule has 0 fully saturated rings. The highest BCUT2D eigenvalue weighted by Gasteiger charge is 2.24. The first kappa shape index (κ1) is 19.2. The largest absolute Gasteiger partial charge is 0.330 e. The Kier molecular flexibility index (Phi) is 5.02. The van der Waals surface area contributed by atoms with E-state index in [1.165, 1.54) is 22.5 Å². The monoisotopic (exact) mass is 394 g/mol. The summed E-state index contributed by atoms with van der Waals surface area (Å²) in [5.41, 5.74) is 6.32. The minimum Gasteiger partial charge on any atom is -0.330 e. The van der Waals surface area contributed by atoms with Crippen molar-refractivity contribution >= 4 is 11.6 Å². The zero-order chi connectivity index (χ0) is 19.9. The van der Waals surface area contributed by atoms with Gasteiger partial charge in [-0.2, -0.15) is 0 Å². The third-order valence-corrected chi connectivity index (χ3v) is 5.93. The highest BCUT2D eigenvalue weighted by atomic mass is 35.5. The molecule has 5 heteroatoms. The molecule has 0 bridgehead atoms. The second kappa shape index (κ2) is 7.34. The van der Waals surface area contributed by atoms with E-state index < -0.39 is 0 Å². The van der Waals surface area contributed by atoms with E-state index >= 15 is 0 Å². The smallest absolute Gasteiger partial charge is 0.140 e. The molecule has 3 aromatic rings. The zero-order valence-electron chi connectivity index (χ0n) is 17.0. The summed E-state index contributed by atoms with van der Waals surface area (Å²) in [6.45, 7) is 9.44. The van der Waals surface area contributed by atoms with Gasteiger partial charge in [-0.25, -0.2) is 4.98 Å². The van der Waals surface area contributed by atoms with E-state index in [9.17, 15) is 0 Å². The van der Waals surface area contributed by atoms with E-state index in [2.05, 4.69) is 66.5 Å². The van der Waals surface area contributed by atoms with Crippen molar-refractivity contribution in [1.29, 1.82) is 0 Å². The quantitative estimate of drug-likeness (QED) is 0.627. The highest BCUT2D eigenvalue weighted by Crippen LogP contribution is 2.29. The Morgan fingerprint density at radius 2 is 1.86 bits per heavy atom. The third kappa shape index (κ3) is 3.71. The number of hydrogen-bond donors (Lipinski definition) is 0. The predicted molar refractivity (Wildman–Crippen MR) is 114 cm³/mol. The molecule has 0 radical (unpaired) electrons. The lowest BCUT2D eigenvalue weighted by Crippen LogP contribution is -2.31. The Morgan fingerprint density at radius 1 is 1.11 bits per heavy atom. The van der Waals surface area contributed by atoms with E-state index in [0.717, 1.165) is 42.5 Å². The van der Waals surface area contributed by atoms with Gasteiger partial charge in [0.1, 0.15) is 5.82 Å². The summed E-state index contributed by atoms with van der Waals surface area (Å²) >= 11 is 6.30. The van der Waals surface area contributed by atoms with Gasteiger partial charge in [-0.3, -0.25) is 9.88 Å². The predicted octanol–water partition coefficient (Wildman–Crippen LogP) is 4.99. The van der Waals surface area contributed by atoms with Gasteiger partial charge in [-0.15, -0.1) is 0 Å². The van der Waals surface area contributed by atoms with Gasteiger partial charge in [0.25, 0.3) is 0 Å². The fourth-order valence-electron chi connectivity index (χ4n) is 3.83. The summed E-state index contributed by atoms with van der Waals surface area (Å²) in [7, 11) is 2.13. The first-order chi connectivity index (χ1) is 13.3. The molecule has 1 aliphatic rings. The molecule has 0 unspecified atom stereocenters. The molecule has 146 valence electrons. The van der Waals surface area contributed by atoms with Gasteiger partial charge >= 0.3 is 0 Å². The molecule has 0 saturated heterocycles. The molecule has 0 spiro atoms. The average Bonchev–Trinajstić information content (AvgIpc) is 2.99. The van der Waals surface area contributed by atoms with Crippen LogP contribution in [0.15, 0.2) is 42.7 Å². The van der Waals surface area contributed by atoms with Crippen molar-refractivity contribution in [3.05, 3.63) is 70.3 Å². The van der Waals surface area contributed by atoms with E-state index in [0.29, 0.717) is 0 Å². The maximum absolute atomic E-state index is 6.30. The van der Waals surface area contributed by atoms with Crippen molar-refractivity contribution in [2.45, 2.75) is 45.7 Å². The van der Waals surface area contributed by atoms with Crippen molar-refractivity contribution in [1.82, 2.24) is 19.4 Å². The molecule has 0 atom stereocenters. The summed E-state index contributed by atoms with van der Waals surface area (Å²) < 4.78 is 2.25. The molecule has 1 aliphatic heterocycles. The number of pyridine rings is 1. The number of rotatable bonds is 3. The molecule has 4 nitrogen and oxygen atoms in total. The number of benzene rings is 1. The van der Waals surface area contributed by atoms with Gasteiger partial charge in [0.2, 0.25) is 0 Å². The second-order valence-electron chi connectivity index (χ2n) is 8.64. The number of aromatic nitrogens is 3. The summed E-state index contributed by atoms with van der Waals surface area (Å²) in [5, 5.41) is 0.734. The normalized spacial score (nSPS) is 14.9. The van der Waals surface area contributed by atoms with Crippen LogP contribution in [0.1, 0.15) is 43.3 Å². The summed E-state index contributed by atoms with van der Waals surface area (Å²) in [4.78, 5) is 11.5. The van der Waals surface area contributed by atoms with Gasteiger partial charge in [0.15, 0.2) is 0 Å². The van der Waals surface area contributed by atoms with Gasteiger partial charge < -0.3 is 4.57 Å². The Bertz CT molecular complexity index is 983. The molecule has 0 aliphatic carbocycles. The van der Waals surface area contributed by atoms with E-state index in [1.54, 1.807) is 12.4 Å². The van der Waals surface area contributed by atoms with Crippen molar-refractivity contribution in [3.8, 4) is 11.4 Å². The van der Waals surface area contributed by atoms with Crippen LogP contribution < -0.4 is 0 Å². The molecule has 3 heterocycles. The number of fused-ring (bicyclic) bond motifs is 1. The maximum Gasteiger partial charge on any atom is 0.140 e. The molecule has 0 saturated carbocycles. The first-order valence-corrected chi connectivity index (χ1v) is 10.2. The van der Waals surface area contributed by atoms with E-state index in [-0.39, 0.29) is 5.41 Å². The Balaban J connectivity index is 1.57. The van der Waals surface area contributed by atoms with E-state index in [1.807, 2.05) is 6.07 Å². The number of nitrogens with zero attached hydrogens (tertiary/aromatic N) is 4. The van der Waals surface area contributed by atoms with Crippen LogP contribution in [0.5, 0.6) is 0 Å². The average molecular weight is 395 g/mol. The summed E-state index contributed by atoms with van der Waals surface area (Å²) in [5.74, 6) is 1.05. The van der Waals surface area contributed by atoms with Crippen molar-refractivity contribution < 1.29 is 0 Å². The van der Waals surface area contributed by atoms with Crippen molar-refractivity contribution in [3.63, 3.8) is 0 Å². The van der Waals surface area contributed by atoms with Gasteiger partial charge in [0, 0.05) is 51.1 Å². The SMILES string of the molecule is Cn1c(-c2ccc(C(C)(C)C)cc2)nc2c1CN(Cc1ccncc1Cl)CC2. The third-order valence-electron chi connectivity index (χ3n) is 5.59. The molecule has 1 aromatic carbocycles. The second-order valence-corrected chi connectivity index (χ2v) is 9.05. The molecular formula is C23H27ClN4. The van der Waals surface area contributed by atoms with Crippen LogP contribution in [-0.4, -0.2) is 26.0 Å². The molecule has 4 rings (SSSR count). The summed E-state index contributed by atoms with van der Waals surface area (Å²) in [6, 6.07) is 10.8. The van der Waals surface area contributed by atoms with Gasteiger partial charge in [-0.1, -0.05) is 56.6 Å². The minimum atomic E-state index is 0.161. The first-order valence-electron chi connectivity index (χ1n) is 9.79. The molecule has 0 amide bonds. The summed E-state index contributed by atoms with van der Waals surface area (Å²) in [6.07, 6.45) is 4.49. The lowest BCUT2D eigenvalue weighted by Gasteiger charge is -2.27. The zero-order valence-corrected chi connectivity index (χ0v) is 17.8. The fraction of sp³-hybridized carbons (Fsp3) is 0.391. The van der Waals surface area contributed by atoms with Crippen molar-refractivity contribution in [2.24, 2.45) is 7.05 Å². The number of hydrogen-bond acceptors (Lipinski definition) is 3. The van der Waals surface area contributed by atoms with Crippen LogP contribution in [0.25, 0.3) is 11.4 Å². The molecule has 2 aromatic heterocycles. The molecule has 28 heavy (non-hydrogen) atoms. The lowest BCUT2D eigenvalue weighted by molar-refractivity contribution is 0.238. The minimum absolute atomic E-state index is 0.161. The Morgan fingerprint density at radius 3 is 2.54 bits per heavy atom. The van der Waals surface area contributed by atoms with Crippen LogP contribution in [0, 0.1) is 0 Å². The lowest BCUT2D eigenvalue weighted by atomic mass is 9.87. The van der Waals surface area contributed by atoms with Crippen LogP contribution in [-0.2, 0) is 32.0 Å². The number of halogens is 1. The van der Waals surface area contributed by atoms with Gasteiger partial charge in [-0.05, 0) is 22.6 Å². The van der Waals surface area contributed by atoms with Crippen molar-refractivity contribution in [2.75, 3.05) is 6.54 Å². The van der Waals surface area contributed by atoms with Crippen LogP contribution in [0.3, 0.4) is 0 Å². The molecular weight excluding hydrogens is 368 g/mol. The Hall–Kier alpha value is -2.17. The Labute approximate surface area is 172 Å². The van der Waals surface area contributed by atoms with Crippen LogP contribution in [0.2, 0.25) is 5.02 Å². The van der Waals surface area contributed by atoms with E-state index in [4.69, 9.17) is 16.6 Å². The number of imidazole rings is 1. The molecule has 0 N–H and O–H groups in total. The van der Waals surface area contributed by atoms with Crippen LogP contribution in [0.4, 0.5) is 0 Å².